The molecule has 204 valence electrons. The summed E-state index contributed by atoms with van der Waals surface area (Å²) in [6, 6.07) is 41.2. The van der Waals surface area contributed by atoms with Crippen molar-refractivity contribution in [2.45, 2.75) is 45.7 Å². The second-order valence-electron chi connectivity index (χ2n) is 11.9. The molecule has 0 aliphatic rings. The summed E-state index contributed by atoms with van der Waals surface area (Å²) in [6.45, 7) is 9.37. The molecule has 0 bridgehead atoms. The van der Waals surface area contributed by atoms with Crippen molar-refractivity contribution in [3.63, 3.8) is 0 Å². The van der Waals surface area contributed by atoms with Crippen molar-refractivity contribution in [2.24, 2.45) is 0 Å². The molecule has 0 aliphatic carbocycles. The Hall–Kier alpha value is -3.70. The lowest BCUT2D eigenvalue weighted by molar-refractivity contribution is -0.0918. The van der Waals surface area contributed by atoms with Gasteiger partial charge in [0.05, 0.1) is 11.2 Å². The van der Waals surface area contributed by atoms with Crippen LogP contribution in [-0.4, -0.2) is 23.2 Å². The fourth-order valence-electron chi connectivity index (χ4n) is 5.39. The predicted octanol–water partition coefficient (Wildman–Crippen LogP) is 9.45. The molecule has 0 radical (unpaired) electrons. The lowest BCUT2D eigenvalue weighted by Gasteiger charge is -2.39. The summed E-state index contributed by atoms with van der Waals surface area (Å²) in [7, 11) is 0. The number of hydrogen-bond acceptors (Lipinski definition) is 3. The van der Waals surface area contributed by atoms with Gasteiger partial charge in [0.25, 0.3) is 0 Å². The lowest BCUT2D eigenvalue weighted by Crippen LogP contribution is -2.52. The Morgan fingerprint density at radius 3 is 1.66 bits per heavy atom. The number of aliphatic hydroxyl groups is 1. The molecule has 0 fully saturated rings. The fourth-order valence-corrected chi connectivity index (χ4v) is 6.76. The van der Waals surface area contributed by atoms with Crippen molar-refractivity contribution in [3.8, 4) is 33.4 Å². The summed E-state index contributed by atoms with van der Waals surface area (Å²) in [4.78, 5) is 0. The Morgan fingerprint density at radius 1 is 0.585 bits per heavy atom. The van der Waals surface area contributed by atoms with Gasteiger partial charge >= 0.3 is 6.92 Å². The van der Waals surface area contributed by atoms with Gasteiger partial charge in [0.15, 0.2) is 0 Å². The molecule has 6 rings (SSSR count). The highest BCUT2D eigenvalue weighted by Crippen LogP contribution is 2.44. The van der Waals surface area contributed by atoms with E-state index in [1.807, 2.05) is 31.3 Å². The van der Waals surface area contributed by atoms with Crippen LogP contribution in [0.1, 0.15) is 27.7 Å². The van der Waals surface area contributed by atoms with E-state index in [1.54, 1.807) is 13.8 Å². The normalized spacial score (nSPS) is 12.2. The quantitative estimate of drug-likeness (QED) is 0.199. The summed E-state index contributed by atoms with van der Waals surface area (Å²) in [6.07, 6.45) is 0. The molecule has 1 aromatic heterocycles. The van der Waals surface area contributed by atoms with E-state index in [0.29, 0.717) is 0 Å². The third kappa shape index (κ3) is 5.24. The Bertz CT molecular complexity index is 1830. The molecule has 0 amide bonds. The highest BCUT2D eigenvalue weighted by Gasteiger charge is 2.38. The molecule has 1 heterocycles. The van der Waals surface area contributed by atoms with Crippen LogP contribution >= 0.6 is 11.3 Å². The van der Waals surface area contributed by atoms with Gasteiger partial charge in [-0.3, -0.25) is 0 Å². The van der Waals surface area contributed by atoms with Crippen molar-refractivity contribution in [1.29, 1.82) is 0 Å². The Morgan fingerprint density at radius 2 is 1.10 bits per heavy atom. The molecule has 1 N–H and O–H groups in total. The van der Waals surface area contributed by atoms with Crippen molar-refractivity contribution in [2.75, 3.05) is 0 Å². The van der Waals surface area contributed by atoms with Crippen LogP contribution in [0.4, 0.5) is 0 Å². The highest BCUT2D eigenvalue weighted by atomic mass is 32.1. The van der Waals surface area contributed by atoms with Crippen LogP contribution in [0.25, 0.3) is 53.6 Å². The molecule has 0 unspecified atom stereocenters. The second kappa shape index (κ2) is 10.6. The molecule has 0 saturated carbocycles. The minimum atomic E-state index is -0.986. The van der Waals surface area contributed by atoms with Gasteiger partial charge in [0.2, 0.25) is 0 Å². The second-order valence-corrected chi connectivity index (χ2v) is 12.9. The zero-order chi connectivity index (χ0) is 28.8. The van der Waals surface area contributed by atoms with Crippen molar-refractivity contribution in [1.82, 2.24) is 0 Å². The third-order valence-electron chi connectivity index (χ3n) is 8.40. The third-order valence-corrected chi connectivity index (χ3v) is 9.68. The molecular weight excluding hydrogens is 519 g/mol. The van der Waals surface area contributed by atoms with Crippen LogP contribution in [0.15, 0.2) is 115 Å². The van der Waals surface area contributed by atoms with E-state index < -0.39 is 11.2 Å². The van der Waals surface area contributed by atoms with Crippen LogP contribution in [-0.2, 0) is 4.65 Å². The molecule has 2 nitrogen and oxygen atoms in total. The zero-order valence-electron chi connectivity index (χ0n) is 24.3. The van der Waals surface area contributed by atoms with Gasteiger partial charge in [0.1, 0.15) is 0 Å². The Balaban J connectivity index is 1.54. The summed E-state index contributed by atoms with van der Waals surface area (Å²) >= 11 is 1.87. The van der Waals surface area contributed by atoms with Gasteiger partial charge in [-0.2, -0.15) is 0 Å². The summed E-state index contributed by atoms with van der Waals surface area (Å²) in [5.74, 6) is 0. The van der Waals surface area contributed by atoms with Crippen molar-refractivity contribution in [3.05, 3.63) is 115 Å². The van der Waals surface area contributed by atoms with Crippen LogP contribution in [0.5, 0.6) is 0 Å². The standard InChI is InChI=1S/C37H35BO2S/c1-36(2,39)37(3,4)40-38(5)29-23-27(25-14-8-6-9-15-25)22-28(24-29)31-19-13-21-33-32-20-12-18-30(34(32)41-35(31)33)26-16-10-7-11-17-26/h6-24,39H,1-5H3. The highest BCUT2D eigenvalue weighted by molar-refractivity contribution is 7.26. The molecule has 0 spiro atoms. The summed E-state index contributed by atoms with van der Waals surface area (Å²) in [5, 5.41) is 13.3. The van der Waals surface area contributed by atoms with Crippen molar-refractivity contribution < 1.29 is 9.76 Å². The van der Waals surface area contributed by atoms with Gasteiger partial charge < -0.3 is 9.76 Å². The van der Waals surface area contributed by atoms with E-state index in [2.05, 4.69) is 116 Å². The molecule has 0 saturated heterocycles. The van der Waals surface area contributed by atoms with E-state index in [0.717, 1.165) is 16.6 Å². The SMILES string of the molecule is CB(OC(C)(C)C(C)(C)O)c1cc(-c2ccccc2)cc(-c2cccc3c2sc2c(-c4ccccc4)cccc23)c1. The number of thiophene rings is 1. The number of rotatable bonds is 7. The van der Waals surface area contributed by atoms with Gasteiger partial charge in [-0.1, -0.05) is 116 Å². The number of hydrogen-bond donors (Lipinski definition) is 1. The molecule has 6 aromatic rings. The minimum absolute atomic E-state index is 0.217. The Labute approximate surface area is 247 Å². The largest absolute Gasteiger partial charge is 0.423 e. The lowest BCUT2D eigenvalue weighted by atomic mass is 9.61. The van der Waals surface area contributed by atoms with Gasteiger partial charge in [-0.25, -0.2) is 0 Å². The molecule has 0 aliphatic heterocycles. The molecule has 4 heteroatoms. The Kier molecular flexibility index (Phi) is 7.11. The molecule has 41 heavy (non-hydrogen) atoms. The minimum Gasteiger partial charge on any atom is -0.423 e. The summed E-state index contributed by atoms with van der Waals surface area (Å²) in [5.41, 5.74) is 6.57. The number of fused-ring (bicyclic) bond motifs is 3. The van der Waals surface area contributed by atoms with Crippen molar-refractivity contribution >= 4 is 43.9 Å². The van der Waals surface area contributed by atoms with E-state index in [9.17, 15) is 5.11 Å². The predicted molar refractivity (Wildman–Crippen MR) is 178 cm³/mol. The average molecular weight is 555 g/mol. The van der Waals surface area contributed by atoms with E-state index in [-0.39, 0.29) is 6.92 Å². The fraction of sp³-hybridized carbons (Fsp3) is 0.189. The first-order valence-corrected chi connectivity index (χ1v) is 15.0. The van der Waals surface area contributed by atoms with Gasteiger partial charge in [0, 0.05) is 20.2 Å². The maximum atomic E-state index is 10.8. The first-order chi connectivity index (χ1) is 19.6. The first kappa shape index (κ1) is 27.5. The van der Waals surface area contributed by atoms with Gasteiger partial charge in [-0.05, 0) is 72.6 Å². The zero-order valence-corrected chi connectivity index (χ0v) is 25.1. The van der Waals surface area contributed by atoms with Crippen LogP contribution in [0.3, 0.4) is 0 Å². The monoisotopic (exact) mass is 554 g/mol. The molecular formula is C37H35BO2S. The maximum Gasteiger partial charge on any atom is 0.324 e. The molecule has 0 atom stereocenters. The van der Waals surface area contributed by atoms with E-state index >= 15 is 0 Å². The van der Waals surface area contributed by atoms with Crippen LogP contribution in [0.2, 0.25) is 6.82 Å². The van der Waals surface area contributed by atoms with Gasteiger partial charge in [-0.15, -0.1) is 11.3 Å². The first-order valence-electron chi connectivity index (χ1n) is 14.2. The summed E-state index contributed by atoms with van der Waals surface area (Å²) < 4.78 is 9.12. The smallest absolute Gasteiger partial charge is 0.324 e. The average Bonchev–Trinajstić information content (AvgIpc) is 3.36. The maximum absolute atomic E-state index is 10.8. The number of benzene rings is 5. The van der Waals surface area contributed by atoms with Crippen LogP contribution < -0.4 is 5.46 Å². The topological polar surface area (TPSA) is 29.5 Å². The van der Waals surface area contributed by atoms with E-state index in [4.69, 9.17) is 4.65 Å². The molecule has 5 aromatic carbocycles. The van der Waals surface area contributed by atoms with Crippen LogP contribution in [0, 0.1) is 0 Å². The van der Waals surface area contributed by atoms with E-state index in [1.165, 1.54) is 42.4 Å².